The van der Waals surface area contributed by atoms with Gasteiger partial charge in [0.15, 0.2) is 0 Å². The first-order chi connectivity index (χ1) is 8.65. The normalized spacial score (nSPS) is 23.9. The minimum atomic E-state index is -0.231. The Hall–Kier alpha value is -1.13. The van der Waals surface area contributed by atoms with E-state index in [9.17, 15) is 9.50 Å². The molecule has 0 aliphatic carbocycles. The fourth-order valence-corrected chi connectivity index (χ4v) is 2.50. The van der Waals surface area contributed by atoms with Gasteiger partial charge in [-0.15, -0.1) is 0 Å². The van der Waals surface area contributed by atoms with Gasteiger partial charge in [0.2, 0.25) is 0 Å². The topological polar surface area (TPSA) is 32.7 Å². The number of rotatable bonds is 4. The largest absolute Gasteiger partial charge is 0.396 e. The molecule has 1 aliphatic rings. The fourth-order valence-electron chi connectivity index (χ4n) is 2.50. The van der Waals surface area contributed by atoms with E-state index in [-0.39, 0.29) is 17.8 Å². The average Bonchev–Trinajstić information content (AvgIpc) is 2.40. The van der Waals surface area contributed by atoms with E-state index in [1.807, 2.05) is 11.9 Å². The number of hydrogen-bond acceptors (Lipinski definition) is 3. The third kappa shape index (κ3) is 3.00. The first-order valence-corrected chi connectivity index (χ1v) is 6.31. The maximum atomic E-state index is 12.9. The average molecular weight is 253 g/mol. The van der Waals surface area contributed by atoms with Gasteiger partial charge in [-0.2, -0.15) is 0 Å². The summed E-state index contributed by atoms with van der Waals surface area (Å²) in [6.07, 6.45) is 1.95. The van der Waals surface area contributed by atoms with Crippen molar-refractivity contribution in [3.05, 3.63) is 30.1 Å². The third-order valence-corrected chi connectivity index (χ3v) is 3.58. The van der Waals surface area contributed by atoms with Crippen LogP contribution in [0.15, 0.2) is 24.3 Å². The van der Waals surface area contributed by atoms with Gasteiger partial charge in [0.05, 0.1) is 13.2 Å². The summed E-state index contributed by atoms with van der Waals surface area (Å²) in [4.78, 5) is 2.05. The summed E-state index contributed by atoms with van der Waals surface area (Å²) in [5.41, 5.74) is 0.760. The molecule has 0 bridgehead atoms. The molecule has 1 fully saturated rings. The van der Waals surface area contributed by atoms with Crippen LogP contribution in [-0.2, 0) is 4.74 Å². The first-order valence-electron chi connectivity index (χ1n) is 6.31. The van der Waals surface area contributed by atoms with E-state index >= 15 is 0 Å². The molecule has 2 rings (SSSR count). The van der Waals surface area contributed by atoms with Crippen molar-refractivity contribution in [3.63, 3.8) is 0 Å². The van der Waals surface area contributed by atoms with Crippen LogP contribution in [0.25, 0.3) is 0 Å². The molecule has 1 atom stereocenters. The third-order valence-electron chi connectivity index (χ3n) is 3.58. The predicted octanol–water partition coefficient (Wildman–Crippen LogP) is 2.05. The van der Waals surface area contributed by atoms with Crippen LogP contribution in [0, 0.1) is 11.2 Å². The number of aliphatic hydroxyl groups excluding tert-OH is 1. The van der Waals surface area contributed by atoms with E-state index < -0.39 is 0 Å². The molecule has 1 N–H and O–H groups in total. The highest BCUT2D eigenvalue weighted by Crippen LogP contribution is 2.30. The molecule has 3 nitrogen and oxygen atoms in total. The van der Waals surface area contributed by atoms with Crippen LogP contribution in [0.4, 0.5) is 10.1 Å². The smallest absolute Gasteiger partial charge is 0.123 e. The summed E-state index contributed by atoms with van der Waals surface area (Å²) in [5, 5.41) is 9.61. The van der Waals surface area contributed by atoms with Gasteiger partial charge >= 0.3 is 0 Å². The highest BCUT2D eigenvalue weighted by atomic mass is 19.1. The van der Waals surface area contributed by atoms with Crippen LogP contribution in [0.3, 0.4) is 0 Å². The van der Waals surface area contributed by atoms with Gasteiger partial charge in [-0.3, -0.25) is 0 Å². The lowest BCUT2D eigenvalue weighted by Crippen LogP contribution is -2.44. The molecule has 0 saturated carbocycles. The Bertz CT molecular complexity index is 374. The Morgan fingerprint density at radius 1 is 1.39 bits per heavy atom. The lowest BCUT2D eigenvalue weighted by atomic mass is 9.83. The number of nitrogens with zero attached hydrogens (tertiary/aromatic N) is 1. The summed E-state index contributed by atoms with van der Waals surface area (Å²) in [6, 6.07) is 6.41. The molecular weight excluding hydrogens is 233 g/mol. The number of halogens is 1. The number of anilines is 1. The minimum absolute atomic E-state index is 0.124. The maximum Gasteiger partial charge on any atom is 0.123 e. The second-order valence-electron chi connectivity index (χ2n) is 5.15. The molecule has 0 amide bonds. The quantitative estimate of drug-likeness (QED) is 0.891. The molecule has 1 aliphatic heterocycles. The first kappa shape index (κ1) is 13.3. The Kier molecular flexibility index (Phi) is 4.19. The lowest BCUT2D eigenvalue weighted by Gasteiger charge is -2.39. The highest BCUT2D eigenvalue weighted by Gasteiger charge is 2.33. The Balaban J connectivity index is 2.04. The summed E-state index contributed by atoms with van der Waals surface area (Å²) in [5.74, 6) is -0.231. The van der Waals surface area contributed by atoms with Crippen molar-refractivity contribution in [3.8, 4) is 0 Å². The molecular formula is C14H20FNO2. The molecule has 1 aromatic rings. The van der Waals surface area contributed by atoms with Crippen LogP contribution < -0.4 is 4.90 Å². The summed E-state index contributed by atoms with van der Waals surface area (Å²) in [7, 11) is 1.96. The zero-order chi connectivity index (χ0) is 13.0. The highest BCUT2D eigenvalue weighted by molar-refractivity contribution is 5.45. The van der Waals surface area contributed by atoms with Gasteiger partial charge in [0, 0.05) is 31.3 Å². The number of benzene rings is 1. The number of aliphatic hydroxyl groups is 1. The van der Waals surface area contributed by atoms with Gasteiger partial charge < -0.3 is 14.7 Å². The zero-order valence-electron chi connectivity index (χ0n) is 10.7. The van der Waals surface area contributed by atoms with Gasteiger partial charge in [-0.05, 0) is 37.1 Å². The second kappa shape index (κ2) is 5.67. The molecule has 0 spiro atoms. The Morgan fingerprint density at radius 3 is 2.67 bits per heavy atom. The lowest BCUT2D eigenvalue weighted by molar-refractivity contribution is -0.0331. The van der Waals surface area contributed by atoms with Crippen LogP contribution in [0.1, 0.15) is 12.8 Å². The predicted molar refractivity (Wildman–Crippen MR) is 69.2 cm³/mol. The van der Waals surface area contributed by atoms with E-state index in [4.69, 9.17) is 4.74 Å². The molecule has 1 saturated heterocycles. The van der Waals surface area contributed by atoms with Crippen LogP contribution in [-0.4, -0.2) is 38.5 Å². The molecule has 0 aromatic heterocycles. The minimum Gasteiger partial charge on any atom is -0.396 e. The molecule has 0 radical (unpaired) electrons. The van der Waals surface area contributed by atoms with Gasteiger partial charge in [0.25, 0.3) is 0 Å². The fraction of sp³-hybridized carbons (Fsp3) is 0.571. The van der Waals surface area contributed by atoms with E-state index in [2.05, 4.69) is 0 Å². The van der Waals surface area contributed by atoms with Crippen molar-refractivity contribution in [2.45, 2.75) is 12.8 Å². The Morgan fingerprint density at radius 2 is 2.11 bits per heavy atom. The standard InChI is InChI=1S/C14H20FNO2/c1-16(13-5-3-12(15)4-6-13)9-14(10-17)7-2-8-18-11-14/h3-6,17H,2,7-11H2,1H3. The van der Waals surface area contributed by atoms with Crippen LogP contribution in [0.2, 0.25) is 0 Å². The van der Waals surface area contributed by atoms with Crippen molar-refractivity contribution in [2.24, 2.45) is 5.41 Å². The van der Waals surface area contributed by atoms with E-state index in [1.165, 1.54) is 12.1 Å². The molecule has 1 heterocycles. The molecule has 100 valence electrons. The van der Waals surface area contributed by atoms with Crippen molar-refractivity contribution >= 4 is 5.69 Å². The van der Waals surface area contributed by atoms with Crippen LogP contribution in [0.5, 0.6) is 0 Å². The van der Waals surface area contributed by atoms with Crippen molar-refractivity contribution in [1.29, 1.82) is 0 Å². The second-order valence-corrected chi connectivity index (χ2v) is 5.15. The monoisotopic (exact) mass is 253 g/mol. The van der Waals surface area contributed by atoms with E-state index in [0.29, 0.717) is 6.61 Å². The zero-order valence-corrected chi connectivity index (χ0v) is 10.7. The number of hydrogen-bond donors (Lipinski definition) is 1. The van der Waals surface area contributed by atoms with E-state index in [0.717, 1.165) is 31.7 Å². The van der Waals surface area contributed by atoms with E-state index in [1.54, 1.807) is 12.1 Å². The Labute approximate surface area is 107 Å². The summed E-state index contributed by atoms with van der Waals surface area (Å²) >= 11 is 0. The van der Waals surface area contributed by atoms with Gasteiger partial charge in [0.1, 0.15) is 5.82 Å². The molecule has 18 heavy (non-hydrogen) atoms. The van der Waals surface area contributed by atoms with Gasteiger partial charge in [-0.1, -0.05) is 0 Å². The number of ether oxygens (including phenoxy) is 1. The van der Waals surface area contributed by atoms with Crippen LogP contribution >= 0.6 is 0 Å². The maximum absolute atomic E-state index is 12.9. The molecule has 1 aromatic carbocycles. The SMILES string of the molecule is CN(CC1(CO)CCCOC1)c1ccc(F)cc1. The van der Waals surface area contributed by atoms with Crippen molar-refractivity contribution < 1.29 is 14.2 Å². The summed E-state index contributed by atoms with van der Waals surface area (Å²) in [6.45, 7) is 2.21. The van der Waals surface area contributed by atoms with Crippen molar-refractivity contribution in [2.75, 3.05) is 38.3 Å². The molecule has 1 unspecified atom stereocenters. The van der Waals surface area contributed by atoms with Gasteiger partial charge in [-0.25, -0.2) is 4.39 Å². The summed E-state index contributed by atoms with van der Waals surface area (Å²) < 4.78 is 18.4. The van der Waals surface area contributed by atoms with Crippen molar-refractivity contribution in [1.82, 2.24) is 0 Å². The molecule has 4 heteroatoms.